The Morgan fingerprint density at radius 2 is 1.23 bits per heavy atom. The van der Waals surface area contributed by atoms with E-state index >= 15 is 0 Å². The Morgan fingerprint density at radius 1 is 0.543 bits per heavy atom. The molecule has 0 radical (unpaired) electrons. The van der Waals surface area contributed by atoms with Crippen molar-refractivity contribution in [1.29, 1.82) is 0 Å². The zero-order valence-electron chi connectivity index (χ0n) is 18.7. The summed E-state index contributed by atoms with van der Waals surface area (Å²) in [4.78, 5) is 5.00. The second kappa shape index (κ2) is 7.14. The lowest BCUT2D eigenvalue weighted by atomic mass is 10.0. The van der Waals surface area contributed by atoms with Crippen molar-refractivity contribution in [3.05, 3.63) is 115 Å². The molecule has 3 heteroatoms. The van der Waals surface area contributed by atoms with Crippen LogP contribution in [0.3, 0.4) is 0 Å². The maximum Gasteiger partial charge on any atom is 0.135 e. The Kier molecular flexibility index (Phi) is 3.91. The van der Waals surface area contributed by atoms with Crippen LogP contribution in [-0.4, -0.2) is 0 Å². The van der Waals surface area contributed by atoms with Gasteiger partial charge in [0.25, 0.3) is 0 Å². The molecule has 0 saturated carbocycles. The predicted octanol–water partition coefficient (Wildman–Crippen LogP) is 9.83. The van der Waals surface area contributed by atoms with Crippen LogP contribution in [0.15, 0.2) is 129 Å². The van der Waals surface area contributed by atoms with Crippen molar-refractivity contribution in [2.24, 2.45) is 0 Å². The number of nitrogens with zero attached hydrogens (tertiary/aromatic N) is 1. The number of furan rings is 1. The minimum Gasteiger partial charge on any atom is -0.456 e. The zero-order valence-corrected chi connectivity index (χ0v) is 19.5. The molecule has 1 aromatic heterocycles. The molecule has 1 aliphatic rings. The molecule has 0 fully saturated rings. The van der Waals surface area contributed by atoms with E-state index in [-0.39, 0.29) is 0 Å². The zero-order chi connectivity index (χ0) is 22.9. The fraction of sp³-hybridized carbons (Fsp3) is 0. The SMILES string of the molecule is c1ccc2c3c(ccc2c1)N(c1ccc2oc4ccccc4c2c1)c1c(ccc2ccccc12)S3. The van der Waals surface area contributed by atoms with Crippen LogP contribution in [-0.2, 0) is 0 Å². The lowest BCUT2D eigenvalue weighted by Crippen LogP contribution is -2.15. The summed E-state index contributed by atoms with van der Waals surface area (Å²) >= 11 is 1.87. The molecule has 35 heavy (non-hydrogen) atoms. The molecule has 0 bridgehead atoms. The first-order chi connectivity index (χ1) is 17.3. The van der Waals surface area contributed by atoms with Crippen molar-refractivity contribution < 1.29 is 4.42 Å². The highest BCUT2D eigenvalue weighted by molar-refractivity contribution is 8.00. The molecular weight excluding hydrogens is 446 g/mol. The highest BCUT2D eigenvalue weighted by atomic mass is 32.2. The van der Waals surface area contributed by atoms with Gasteiger partial charge in [-0.25, -0.2) is 0 Å². The summed E-state index contributed by atoms with van der Waals surface area (Å²) in [5, 5.41) is 7.34. The molecular formula is C32H19NOS. The molecule has 6 aromatic carbocycles. The van der Waals surface area contributed by atoms with E-state index in [1.165, 1.54) is 42.7 Å². The van der Waals surface area contributed by atoms with Gasteiger partial charge >= 0.3 is 0 Å². The first kappa shape index (κ1) is 19.1. The van der Waals surface area contributed by atoms with E-state index < -0.39 is 0 Å². The van der Waals surface area contributed by atoms with E-state index in [9.17, 15) is 0 Å². The average Bonchev–Trinajstić information content (AvgIpc) is 3.29. The molecule has 164 valence electrons. The van der Waals surface area contributed by atoms with Crippen LogP contribution in [0.25, 0.3) is 43.5 Å². The van der Waals surface area contributed by atoms with Crippen LogP contribution in [0.5, 0.6) is 0 Å². The van der Waals surface area contributed by atoms with E-state index in [0.717, 1.165) is 27.6 Å². The molecule has 0 N–H and O–H groups in total. The number of hydrogen-bond donors (Lipinski definition) is 0. The molecule has 8 rings (SSSR count). The molecule has 0 spiro atoms. The third-order valence-electron chi connectivity index (χ3n) is 7.02. The first-order valence-corrected chi connectivity index (χ1v) is 12.6. The van der Waals surface area contributed by atoms with Gasteiger partial charge in [0.1, 0.15) is 11.2 Å². The highest BCUT2D eigenvalue weighted by Gasteiger charge is 2.28. The quantitative estimate of drug-likeness (QED) is 0.240. The van der Waals surface area contributed by atoms with Crippen LogP contribution < -0.4 is 4.90 Å². The second-order valence-electron chi connectivity index (χ2n) is 8.98. The highest BCUT2D eigenvalue weighted by Crippen LogP contribution is 2.56. The van der Waals surface area contributed by atoms with Crippen molar-refractivity contribution in [2.75, 3.05) is 4.90 Å². The van der Waals surface area contributed by atoms with Crippen molar-refractivity contribution in [2.45, 2.75) is 9.79 Å². The van der Waals surface area contributed by atoms with E-state index in [0.29, 0.717) is 0 Å². The molecule has 0 saturated heterocycles. The summed E-state index contributed by atoms with van der Waals surface area (Å²) < 4.78 is 6.14. The maximum absolute atomic E-state index is 6.14. The van der Waals surface area contributed by atoms with E-state index in [1.807, 2.05) is 23.9 Å². The van der Waals surface area contributed by atoms with Gasteiger partial charge in [0.2, 0.25) is 0 Å². The molecule has 0 amide bonds. The molecule has 2 heterocycles. The van der Waals surface area contributed by atoms with Crippen LogP contribution >= 0.6 is 11.8 Å². The predicted molar refractivity (Wildman–Crippen MR) is 148 cm³/mol. The van der Waals surface area contributed by atoms with Crippen molar-refractivity contribution >= 4 is 72.3 Å². The number of para-hydroxylation sites is 1. The molecule has 7 aromatic rings. The van der Waals surface area contributed by atoms with Crippen LogP contribution in [0.4, 0.5) is 17.1 Å². The van der Waals surface area contributed by atoms with Crippen LogP contribution in [0.1, 0.15) is 0 Å². The Labute approximate surface area is 206 Å². The van der Waals surface area contributed by atoms with Gasteiger partial charge in [-0.05, 0) is 52.6 Å². The fourth-order valence-electron chi connectivity index (χ4n) is 5.41. The molecule has 2 nitrogen and oxygen atoms in total. The fourth-order valence-corrected chi connectivity index (χ4v) is 6.63. The lowest BCUT2D eigenvalue weighted by molar-refractivity contribution is 0.669. The molecule has 0 unspecified atom stereocenters. The Hall–Kier alpha value is -4.21. The van der Waals surface area contributed by atoms with Crippen molar-refractivity contribution in [3.63, 3.8) is 0 Å². The van der Waals surface area contributed by atoms with E-state index in [1.54, 1.807) is 0 Å². The number of benzene rings is 6. The second-order valence-corrected chi connectivity index (χ2v) is 10.0. The summed E-state index contributed by atoms with van der Waals surface area (Å²) in [6.07, 6.45) is 0. The van der Waals surface area contributed by atoms with Gasteiger partial charge < -0.3 is 9.32 Å². The van der Waals surface area contributed by atoms with Gasteiger partial charge in [0.15, 0.2) is 0 Å². The first-order valence-electron chi connectivity index (χ1n) is 11.8. The third kappa shape index (κ3) is 2.73. The van der Waals surface area contributed by atoms with E-state index in [4.69, 9.17) is 4.42 Å². The van der Waals surface area contributed by atoms with Gasteiger partial charge in [0.05, 0.1) is 11.4 Å². The molecule has 0 aliphatic carbocycles. The Morgan fingerprint density at radius 3 is 2.11 bits per heavy atom. The normalized spacial score (nSPS) is 13.0. The number of fused-ring (bicyclic) bond motifs is 9. The largest absolute Gasteiger partial charge is 0.456 e. The number of hydrogen-bond acceptors (Lipinski definition) is 3. The summed E-state index contributed by atoms with van der Waals surface area (Å²) in [6, 6.07) is 41.2. The topological polar surface area (TPSA) is 16.4 Å². The minimum absolute atomic E-state index is 0.915. The standard InChI is InChI=1S/C32H19NOS/c1-3-9-23-20(7-1)14-18-30-31(23)33(27-16-13-21-8-2-4-10-24(21)32(27)35-30)22-15-17-29-26(19-22)25-11-5-6-12-28(25)34-29/h1-19H. The van der Waals surface area contributed by atoms with Gasteiger partial charge in [0, 0.05) is 31.6 Å². The van der Waals surface area contributed by atoms with Crippen molar-refractivity contribution in [1.82, 2.24) is 0 Å². The van der Waals surface area contributed by atoms with Gasteiger partial charge in [-0.3, -0.25) is 0 Å². The van der Waals surface area contributed by atoms with Crippen LogP contribution in [0, 0.1) is 0 Å². The molecule has 0 atom stereocenters. The monoisotopic (exact) mass is 465 g/mol. The Balaban J connectivity index is 1.48. The van der Waals surface area contributed by atoms with Gasteiger partial charge in [-0.1, -0.05) is 90.6 Å². The van der Waals surface area contributed by atoms with E-state index in [2.05, 4.69) is 108 Å². The average molecular weight is 466 g/mol. The van der Waals surface area contributed by atoms with Gasteiger partial charge in [-0.15, -0.1) is 0 Å². The van der Waals surface area contributed by atoms with Crippen LogP contribution in [0.2, 0.25) is 0 Å². The smallest absolute Gasteiger partial charge is 0.135 e. The maximum atomic E-state index is 6.14. The summed E-state index contributed by atoms with van der Waals surface area (Å²) in [5.74, 6) is 0. The number of rotatable bonds is 1. The molecule has 1 aliphatic heterocycles. The summed E-state index contributed by atoms with van der Waals surface area (Å²) in [5.41, 5.74) is 5.43. The Bertz CT molecular complexity index is 1950. The number of anilines is 3. The summed E-state index contributed by atoms with van der Waals surface area (Å²) in [6.45, 7) is 0. The minimum atomic E-state index is 0.915. The van der Waals surface area contributed by atoms with Gasteiger partial charge in [-0.2, -0.15) is 0 Å². The van der Waals surface area contributed by atoms with Crippen molar-refractivity contribution in [3.8, 4) is 0 Å². The lowest BCUT2D eigenvalue weighted by Gasteiger charge is -2.34. The summed E-state index contributed by atoms with van der Waals surface area (Å²) in [7, 11) is 0. The third-order valence-corrected chi connectivity index (χ3v) is 8.20.